The first-order chi connectivity index (χ1) is 8.65. The van der Waals surface area contributed by atoms with Gasteiger partial charge in [0.2, 0.25) is 5.91 Å². The third-order valence-electron chi connectivity index (χ3n) is 2.25. The molecule has 0 atom stereocenters. The zero-order valence-electron chi connectivity index (χ0n) is 10.7. The van der Waals surface area contributed by atoms with Gasteiger partial charge in [0.1, 0.15) is 6.61 Å². The van der Waals surface area contributed by atoms with Crippen LogP contribution in [0, 0.1) is 0 Å². The first kappa shape index (κ1) is 14.0. The summed E-state index contributed by atoms with van der Waals surface area (Å²) < 4.78 is 4.97. The van der Waals surface area contributed by atoms with E-state index in [0.29, 0.717) is 13.0 Å². The highest BCUT2D eigenvalue weighted by atomic mass is 16.5. The van der Waals surface area contributed by atoms with Gasteiger partial charge >= 0.3 is 6.09 Å². The Labute approximate surface area is 107 Å². The fourth-order valence-corrected chi connectivity index (χ4v) is 1.28. The number of benzene rings is 1. The van der Waals surface area contributed by atoms with Gasteiger partial charge in [0, 0.05) is 18.7 Å². The number of anilines is 1. The molecule has 0 aliphatic heterocycles. The predicted molar refractivity (Wildman–Crippen MR) is 69.2 cm³/mol. The summed E-state index contributed by atoms with van der Waals surface area (Å²) in [6.07, 6.45) is 0.0167. The van der Waals surface area contributed by atoms with Crippen molar-refractivity contribution in [2.45, 2.75) is 26.9 Å². The lowest BCUT2D eigenvalue weighted by Crippen LogP contribution is -2.23. The first-order valence-corrected chi connectivity index (χ1v) is 5.95. The summed E-state index contributed by atoms with van der Waals surface area (Å²) in [5.74, 6) is -0.0266. The Morgan fingerprint density at radius 2 is 1.83 bits per heavy atom. The number of hydrogen-bond donors (Lipinski definition) is 2. The van der Waals surface area contributed by atoms with Crippen molar-refractivity contribution >= 4 is 17.7 Å². The molecule has 0 saturated carbocycles. The van der Waals surface area contributed by atoms with Crippen LogP contribution in [-0.2, 0) is 16.1 Å². The number of alkyl carbamates (subject to hydrolysis) is 1. The second-order valence-corrected chi connectivity index (χ2v) is 3.71. The summed E-state index contributed by atoms with van der Waals surface area (Å²) in [5.41, 5.74) is 1.61. The Morgan fingerprint density at radius 3 is 2.39 bits per heavy atom. The normalized spacial score (nSPS) is 9.67. The van der Waals surface area contributed by atoms with Gasteiger partial charge in [-0.3, -0.25) is 4.79 Å². The third-order valence-corrected chi connectivity index (χ3v) is 2.25. The van der Waals surface area contributed by atoms with Crippen LogP contribution in [0.3, 0.4) is 0 Å². The topological polar surface area (TPSA) is 67.4 Å². The number of carbonyl (C=O) groups excluding carboxylic acids is 2. The third kappa shape index (κ3) is 4.86. The standard InChI is InChI=1S/C13H18N2O3/c1-3-12(16)15-11-7-5-10(6-8-11)9-18-13(17)14-4-2/h5-8H,3-4,9H2,1-2H3,(H,14,17)(H,15,16). The monoisotopic (exact) mass is 250 g/mol. The molecule has 0 saturated heterocycles. The summed E-state index contributed by atoms with van der Waals surface area (Å²) in [4.78, 5) is 22.2. The fourth-order valence-electron chi connectivity index (χ4n) is 1.28. The van der Waals surface area contributed by atoms with Gasteiger partial charge in [0.05, 0.1) is 0 Å². The molecule has 2 amide bonds. The van der Waals surface area contributed by atoms with Gasteiger partial charge < -0.3 is 15.4 Å². The minimum atomic E-state index is -0.430. The van der Waals surface area contributed by atoms with Crippen molar-refractivity contribution in [1.29, 1.82) is 0 Å². The zero-order chi connectivity index (χ0) is 13.4. The van der Waals surface area contributed by atoms with Gasteiger partial charge in [-0.05, 0) is 24.6 Å². The van der Waals surface area contributed by atoms with Gasteiger partial charge in [0.15, 0.2) is 0 Å². The summed E-state index contributed by atoms with van der Waals surface area (Å²) in [6.45, 7) is 4.38. The lowest BCUT2D eigenvalue weighted by atomic mass is 10.2. The summed E-state index contributed by atoms with van der Waals surface area (Å²) >= 11 is 0. The number of amides is 2. The molecule has 1 rings (SSSR count). The van der Waals surface area contributed by atoms with Gasteiger partial charge in [-0.1, -0.05) is 19.1 Å². The molecule has 5 nitrogen and oxygen atoms in total. The minimum Gasteiger partial charge on any atom is -0.445 e. The van der Waals surface area contributed by atoms with Crippen LogP contribution < -0.4 is 10.6 Å². The van der Waals surface area contributed by atoms with Crippen molar-refractivity contribution in [2.24, 2.45) is 0 Å². The quantitative estimate of drug-likeness (QED) is 0.842. The number of hydrogen-bond acceptors (Lipinski definition) is 3. The predicted octanol–water partition coefficient (Wildman–Crippen LogP) is 2.28. The number of ether oxygens (including phenoxy) is 1. The lowest BCUT2D eigenvalue weighted by molar-refractivity contribution is -0.115. The minimum absolute atomic E-state index is 0.0266. The van der Waals surface area contributed by atoms with Crippen LogP contribution in [0.2, 0.25) is 0 Å². The molecule has 0 aliphatic rings. The van der Waals surface area contributed by atoms with E-state index in [0.717, 1.165) is 11.3 Å². The second-order valence-electron chi connectivity index (χ2n) is 3.71. The molecule has 2 N–H and O–H groups in total. The molecule has 0 radical (unpaired) electrons. The molecule has 0 heterocycles. The van der Waals surface area contributed by atoms with E-state index in [1.54, 1.807) is 19.1 Å². The van der Waals surface area contributed by atoms with Crippen LogP contribution in [0.1, 0.15) is 25.8 Å². The van der Waals surface area contributed by atoms with Crippen LogP contribution in [0.15, 0.2) is 24.3 Å². The number of carbonyl (C=O) groups is 2. The van der Waals surface area contributed by atoms with Gasteiger partial charge in [-0.25, -0.2) is 4.79 Å². The summed E-state index contributed by atoms with van der Waals surface area (Å²) in [7, 11) is 0. The molecule has 18 heavy (non-hydrogen) atoms. The summed E-state index contributed by atoms with van der Waals surface area (Å²) in [6, 6.07) is 7.18. The molecule has 0 bridgehead atoms. The zero-order valence-corrected chi connectivity index (χ0v) is 10.7. The Bertz CT molecular complexity index is 401. The average molecular weight is 250 g/mol. The van der Waals surface area contributed by atoms with Crippen LogP contribution in [-0.4, -0.2) is 18.5 Å². The maximum Gasteiger partial charge on any atom is 0.407 e. The van der Waals surface area contributed by atoms with Crippen molar-refractivity contribution in [3.63, 3.8) is 0 Å². The van der Waals surface area contributed by atoms with Crippen LogP contribution in [0.4, 0.5) is 10.5 Å². The van der Waals surface area contributed by atoms with Gasteiger partial charge in [-0.2, -0.15) is 0 Å². The smallest absolute Gasteiger partial charge is 0.407 e. The molecule has 1 aromatic carbocycles. The largest absolute Gasteiger partial charge is 0.445 e. The van der Waals surface area contributed by atoms with E-state index in [1.165, 1.54) is 0 Å². The molecule has 5 heteroatoms. The van der Waals surface area contributed by atoms with E-state index < -0.39 is 6.09 Å². The van der Waals surface area contributed by atoms with Crippen LogP contribution in [0.5, 0.6) is 0 Å². The molecule has 0 aromatic heterocycles. The molecule has 98 valence electrons. The Morgan fingerprint density at radius 1 is 1.17 bits per heavy atom. The maximum atomic E-state index is 11.2. The first-order valence-electron chi connectivity index (χ1n) is 5.95. The highest BCUT2D eigenvalue weighted by Gasteiger charge is 2.02. The second kappa shape index (κ2) is 7.32. The Hall–Kier alpha value is -2.04. The van der Waals surface area contributed by atoms with Gasteiger partial charge in [0.25, 0.3) is 0 Å². The van der Waals surface area contributed by atoms with Crippen molar-refractivity contribution in [1.82, 2.24) is 5.32 Å². The van der Waals surface area contributed by atoms with Gasteiger partial charge in [-0.15, -0.1) is 0 Å². The molecular weight excluding hydrogens is 232 g/mol. The van der Waals surface area contributed by atoms with Crippen molar-refractivity contribution in [3.05, 3.63) is 29.8 Å². The van der Waals surface area contributed by atoms with E-state index >= 15 is 0 Å². The van der Waals surface area contributed by atoms with E-state index in [4.69, 9.17) is 4.74 Å². The Balaban J connectivity index is 2.45. The van der Waals surface area contributed by atoms with E-state index in [-0.39, 0.29) is 12.5 Å². The summed E-state index contributed by atoms with van der Waals surface area (Å²) in [5, 5.41) is 5.29. The highest BCUT2D eigenvalue weighted by molar-refractivity contribution is 5.90. The average Bonchev–Trinajstić information content (AvgIpc) is 2.38. The molecule has 0 unspecified atom stereocenters. The lowest BCUT2D eigenvalue weighted by Gasteiger charge is -2.07. The molecule has 0 aliphatic carbocycles. The van der Waals surface area contributed by atoms with E-state index in [9.17, 15) is 9.59 Å². The van der Waals surface area contributed by atoms with Crippen LogP contribution >= 0.6 is 0 Å². The molecular formula is C13H18N2O3. The van der Waals surface area contributed by atoms with Crippen molar-refractivity contribution < 1.29 is 14.3 Å². The Kier molecular flexibility index (Phi) is 5.70. The van der Waals surface area contributed by atoms with Crippen molar-refractivity contribution in [2.75, 3.05) is 11.9 Å². The highest BCUT2D eigenvalue weighted by Crippen LogP contribution is 2.10. The SMILES string of the molecule is CCNC(=O)OCc1ccc(NC(=O)CC)cc1. The van der Waals surface area contributed by atoms with E-state index in [1.807, 2.05) is 19.1 Å². The maximum absolute atomic E-state index is 11.2. The fraction of sp³-hybridized carbons (Fsp3) is 0.385. The van der Waals surface area contributed by atoms with Crippen molar-refractivity contribution in [3.8, 4) is 0 Å². The molecule has 1 aromatic rings. The molecule has 0 fully saturated rings. The number of nitrogens with one attached hydrogen (secondary N) is 2. The van der Waals surface area contributed by atoms with E-state index in [2.05, 4.69) is 10.6 Å². The van der Waals surface area contributed by atoms with Crippen LogP contribution in [0.25, 0.3) is 0 Å². The molecule has 0 spiro atoms. The number of rotatable bonds is 5.